The van der Waals surface area contributed by atoms with Crippen molar-refractivity contribution in [2.75, 3.05) is 0 Å². The predicted octanol–water partition coefficient (Wildman–Crippen LogP) is 19.3. The van der Waals surface area contributed by atoms with Crippen LogP contribution in [-0.2, 0) is 0 Å². The second-order valence-electron chi connectivity index (χ2n) is 17.8. The molecule has 0 nitrogen and oxygen atoms in total. The molecule has 0 aliphatic rings. The van der Waals surface area contributed by atoms with Gasteiger partial charge in [0.2, 0.25) is 0 Å². The molecule has 0 aromatic heterocycles. The first-order valence-corrected chi connectivity index (χ1v) is 23.6. The standard InChI is InChI=1S/2C34H22/c1-3-15-25-23(11-1)13-9-21-27(25)33-29-17-5-7-19-31(29)34(32-20-8-6-18-30(32)33)28-22-10-14-24-12-2-4-16-26(24)28;1-2-12-25-22-26(21-20-23(25)10-1)33-29-15-5-7-17-31(29)34(32-18-8-6-16-30(32)33)28-19-9-13-24-11-3-4-14-27(24)28/h2*1-22H. The largest absolute Gasteiger partial charge is 0.0616 e. The Hall–Kier alpha value is -8.84. The molecule has 0 atom stereocenters. The van der Waals surface area contributed by atoms with E-state index in [1.807, 2.05) is 0 Å². The Morgan fingerprint density at radius 3 is 0.735 bits per heavy atom. The number of fused-ring (bicyclic) bond motifs is 8. The van der Waals surface area contributed by atoms with Crippen LogP contribution >= 0.6 is 0 Å². The van der Waals surface area contributed by atoms with E-state index in [0.29, 0.717) is 0 Å². The van der Waals surface area contributed by atoms with Crippen LogP contribution in [0.25, 0.3) is 131 Å². The molecule has 0 unspecified atom stereocenters. The van der Waals surface area contributed by atoms with Crippen molar-refractivity contribution >= 4 is 86.2 Å². The summed E-state index contributed by atoms with van der Waals surface area (Å²) in [5.41, 5.74) is 10.4. The summed E-state index contributed by atoms with van der Waals surface area (Å²) in [6.07, 6.45) is 0. The molecule has 68 heavy (non-hydrogen) atoms. The van der Waals surface area contributed by atoms with Crippen LogP contribution in [0.15, 0.2) is 267 Å². The quantitative estimate of drug-likeness (QED) is 0.155. The van der Waals surface area contributed by atoms with Gasteiger partial charge in [0.15, 0.2) is 0 Å². The first-order chi connectivity index (χ1) is 33.8. The van der Waals surface area contributed by atoms with Crippen LogP contribution < -0.4 is 0 Å². The molecular weight excluding hydrogens is 817 g/mol. The summed E-state index contributed by atoms with van der Waals surface area (Å²) in [6.45, 7) is 0. The van der Waals surface area contributed by atoms with Crippen molar-refractivity contribution in [1.29, 1.82) is 0 Å². The zero-order chi connectivity index (χ0) is 45.0. The summed E-state index contributed by atoms with van der Waals surface area (Å²) in [5.74, 6) is 0. The van der Waals surface area contributed by atoms with Gasteiger partial charge in [-0.3, -0.25) is 0 Å². The van der Waals surface area contributed by atoms with Crippen LogP contribution in [0.1, 0.15) is 0 Å². The maximum Gasteiger partial charge on any atom is -0.00201 e. The third-order valence-corrected chi connectivity index (χ3v) is 14.1. The molecule has 0 saturated carbocycles. The highest BCUT2D eigenvalue weighted by molar-refractivity contribution is 6.26. The van der Waals surface area contributed by atoms with Gasteiger partial charge in [0, 0.05) is 0 Å². The van der Waals surface area contributed by atoms with Gasteiger partial charge < -0.3 is 0 Å². The van der Waals surface area contributed by atoms with E-state index >= 15 is 0 Å². The number of benzene rings is 14. The lowest BCUT2D eigenvalue weighted by atomic mass is 9.84. The minimum absolute atomic E-state index is 1.26. The summed E-state index contributed by atoms with van der Waals surface area (Å²) in [7, 11) is 0. The van der Waals surface area contributed by atoms with Crippen LogP contribution in [0, 0.1) is 0 Å². The van der Waals surface area contributed by atoms with E-state index in [2.05, 4.69) is 267 Å². The van der Waals surface area contributed by atoms with E-state index in [-0.39, 0.29) is 0 Å². The molecule has 0 aliphatic carbocycles. The molecule has 0 amide bonds. The molecule has 0 radical (unpaired) electrons. The molecule has 0 saturated heterocycles. The molecule has 0 heterocycles. The zero-order valence-corrected chi connectivity index (χ0v) is 37.4. The SMILES string of the molecule is c1ccc2c(-c3c4ccccc4c(-c4cccc5ccccc45)c4ccccc34)cccc2c1.c1ccc2cc(-c3c4ccccc4c(-c4cccc5ccccc45)c4ccccc34)ccc2c1. The highest BCUT2D eigenvalue weighted by Gasteiger charge is 2.20. The normalized spacial score (nSPS) is 11.5. The van der Waals surface area contributed by atoms with E-state index in [1.54, 1.807) is 0 Å². The van der Waals surface area contributed by atoms with Crippen molar-refractivity contribution in [2.45, 2.75) is 0 Å². The monoisotopic (exact) mass is 860 g/mol. The topological polar surface area (TPSA) is 0 Å². The maximum atomic E-state index is 2.33. The van der Waals surface area contributed by atoms with Gasteiger partial charge >= 0.3 is 0 Å². The Labute approximate surface area is 395 Å². The van der Waals surface area contributed by atoms with Crippen molar-refractivity contribution in [2.24, 2.45) is 0 Å². The third kappa shape index (κ3) is 6.53. The van der Waals surface area contributed by atoms with E-state index in [9.17, 15) is 0 Å². The molecule has 0 fully saturated rings. The first-order valence-electron chi connectivity index (χ1n) is 23.6. The molecule has 0 N–H and O–H groups in total. The van der Waals surface area contributed by atoms with E-state index in [1.165, 1.54) is 131 Å². The van der Waals surface area contributed by atoms with Crippen LogP contribution in [0.2, 0.25) is 0 Å². The zero-order valence-electron chi connectivity index (χ0n) is 37.4. The Morgan fingerprint density at radius 2 is 0.397 bits per heavy atom. The van der Waals surface area contributed by atoms with Gasteiger partial charge in [0.1, 0.15) is 0 Å². The maximum absolute atomic E-state index is 2.33. The van der Waals surface area contributed by atoms with Gasteiger partial charge in [0.25, 0.3) is 0 Å². The van der Waals surface area contributed by atoms with E-state index in [0.717, 1.165) is 0 Å². The number of rotatable bonds is 4. The van der Waals surface area contributed by atoms with Crippen molar-refractivity contribution in [3.05, 3.63) is 267 Å². The van der Waals surface area contributed by atoms with Crippen molar-refractivity contribution in [1.82, 2.24) is 0 Å². The molecule has 0 aliphatic heterocycles. The highest BCUT2D eigenvalue weighted by Crippen LogP contribution is 2.48. The van der Waals surface area contributed by atoms with E-state index in [4.69, 9.17) is 0 Å². The average molecular weight is 861 g/mol. The second-order valence-corrected chi connectivity index (χ2v) is 17.8. The summed E-state index contributed by atoms with van der Waals surface area (Å²) in [4.78, 5) is 0. The molecular formula is C68H44. The van der Waals surface area contributed by atoms with Gasteiger partial charge in [-0.25, -0.2) is 0 Å². The third-order valence-electron chi connectivity index (χ3n) is 14.1. The highest BCUT2D eigenvalue weighted by atomic mass is 14.2. The van der Waals surface area contributed by atoms with Crippen LogP contribution in [0.3, 0.4) is 0 Å². The minimum atomic E-state index is 1.26. The average Bonchev–Trinajstić information content (AvgIpc) is 3.41. The predicted molar refractivity (Wildman–Crippen MR) is 295 cm³/mol. The Balaban J connectivity index is 0.000000134. The van der Waals surface area contributed by atoms with Crippen LogP contribution in [-0.4, -0.2) is 0 Å². The fourth-order valence-electron chi connectivity index (χ4n) is 11.1. The van der Waals surface area contributed by atoms with Gasteiger partial charge in [-0.1, -0.05) is 261 Å². The lowest BCUT2D eigenvalue weighted by Gasteiger charge is -2.19. The van der Waals surface area contributed by atoms with Gasteiger partial charge in [-0.15, -0.1) is 0 Å². The summed E-state index contributed by atoms with van der Waals surface area (Å²) < 4.78 is 0. The molecule has 316 valence electrons. The second kappa shape index (κ2) is 16.5. The molecule has 0 bridgehead atoms. The number of hydrogen-bond donors (Lipinski definition) is 0. The fraction of sp³-hybridized carbons (Fsp3) is 0. The number of hydrogen-bond acceptors (Lipinski definition) is 0. The van der Waals surface area contributed by atoms with E-state index < -0.39 is 0 Å². The van der Waals surface area contributed by atoms with Crippen molar-refractivity contribution < 1.29 is 0 Å². The first kappa shape index (κ1) is 39.5. The Kier molecular flexibility index (Phi) is 9.62. The van der Waals surface area contributed by atoms with Crippen molar-refractivity contribution in [3.63, 3.8) is 0 Å². The minimum Gasteiger partial charge on any atom is -0.0616 e. The lowest BCUT2D eigenvalue weighted by Crippen LogP contribution is -1.92. The van der Waals surface area contributed by atoms with Crippen molar-refractivity contribution in [3.8, 4) is 44.5 Å². The van der Waals surface area contributed by atoms with Gasteiger partial charge in [-0.05, 0) is 137 Å². The molecule has 14 rings (SSSR count). The van der Waals surface area contributed by atoms with Gasteiger partial charge in [-0.2, -0.15) is 0 Å². The summed E-state index contributed by atoms with van der Waals surface area (Å²) in [6, 6.07) is 97.1. The molecule has 14 aromatic rings. The van der Waals surface area contributed by atoms with Crippen LogP contribution in [0.5, 0.6) is 0 Å². The summed E-state index contributed by atoms with van der Waals surface area (Å²) >= 11 is 0. The molecule has 0 heteroatoms. The Morgan fingerprint density at radius 1 is 0.147 bits per heavy atom. The van der Waals surface area contributed by atoms with Gasteiger partial charge in [0.05, 0.1) is 0 Å². The Bertz CT molecular complexity index is 3990. The fourth-order valence-corrected chi connectivity index (χ4v) is 11.1. The summed E-state index contributed by atoms with van der Waals surface area (Å²) in [5, 5.41) is 20.6. The van der Waals surface area contributed by atoms with Crippen LogP contribution in [0.4, 0.5) is 0 Å². The molecule has 0 spiro atoms. The molecule has 14 aromatic carbocycles. The smallest absolute Gasteiger partial charge is 0.00201 e. The lowest BCUT2D eigenvalue weighted by molar-refractivity contribution is 1.68.